The van der Waals surface area contributed by atoms with E-state index in [-0.39, 0.29) is 17.5 Å². The summed E-state index contributed by atoms with van der Waals surface area (Å²) in [5, 5.41) is 0. The molecule has 0 aliphatic carbocycles. The molecule has 2 aliphatic heterocycles. The molecule has 0 aromatic heterocycles. The molecule has 2 fully saturated rings. The molecular formula is C11H20N2O3S. The third kappa shape index (κ3) is 3.12. The van der Waals surface area contributed by atoms with Gasteiger partial charge in [-0.3, -0.25) is 0 Å². The predicted molar refractivity (Wildman–Crippen MR) is 65.6 cm³/mol. The Balaban J connectivity index is 1.88. The molecule has 6 heteroatoms. The van der Waals surface area contributed by atoms with Gasteiger partial charge in [0.25, 0.3) is 0 Å². The van der Waals surface area contributed by atoms with Gasteiger partial charge in [0.1, 0.15) is 0 Å². The van der Waals surface area contributed by atoms with E-state index in [0.717, 1.165) is 25.9 Å². The summed E-state index contributed by atoms with van der Waals surface area (Å²) >= 11 is 0. The zero-order chi connectivity index (χ0) is 12.5. The number of carbonyl (C=O) groups is 1. The van der Waals surface area contributed by atoms with Gasteiger partial charge in [0.2, 0.25) is 0 Å². The van der Waals surface area contributed by atoms with E-state index in [2.05, 4.69) is 6.92 Å². The van der Waals surface area contributed by atoms with Gasteiger partial charge in [0, 0.05) is 26.2 Å². The van der Waals surface area contributed by atoms with Gasteiger partial charge in [-0.2, -0.15) is 0 Å². The Morgan fingerprint density at radius 3 is 2.00 bits per heavy atom. The minimum Gasteiger partial charge on any atom is -0.325 e. The Morgan fingerprint density at radius 2 is 1.47 bits per heavy atom. The van der Waals surface area contributed by atoms with Gasteiger partial charge in [-0.1, -0.05) is 6.92 Å². The highest BCUT2D eigenvalue weighted by molar-refractivity contribution is 7.91. The average molecular weight is 260 g/mol. The molecule has 2 amide bonds. The van der Waals surface area contributed by atoms with Crippen LogP contribution in [0, 0.1) is 5.92 Å². The minimum atomic E-state index is -2.90. The summed E-state index contributed by atoms with van der Waals surface area (Å²) in [6.07, 6.45) is 2.11. The number of nitrogens with zero attached hydrogens (tertiary/aromatic N) is 2. The Morgan fingerprint density at radius 1 is 1.00 bits per heavy atom. The maximum absolute atomic E-state index is 12.1. The Labute approximate surface area is 103 Å². The van der Waals surface area contributed by atoms with E-state index in [0.29, 0.717) is 19.0 Å². The largest absolute Gasteiger partial charge is 0.325 e. The van der Waals surface area contributed by atoms with E-state index in [1.165, 1.54) is 0 Å². The van der Waals surface area contributed by atoms with E-state index < -0.39 is 9.84 Å². The van der Waals surface area contributed by atoms with Crippen molar-refractivity contribution in [2.75, 3.05) is 37.7 Å². The lowest BCUT2D eigenvalue weighted by Gasteiger charge is -2.36. The van der Waals surface area contributed by atoms with Gasteiger partial charge in [0.15, 0.2) is 9.84 Å². The molecule has 0 bridgehead atoms. The first-order valence-electron chi connectivity index (χ1n) is 6.22. The Kier molecular flexibility index (Phi) is 3.61. The smallest absolute Gasteiger partial charge is 0.320 e. The Hall–Kier alpha value is -0.780. The van der Waals surface area contributed by atoms with Crippen LogP contribution in [0.3, 0.4) is 0 Å². The number of likely N-dealkylation sites (tertiary alicyclic amines) is 1. The molecular weight excluding hydrogens is 240 g/mol. The second kappa shape index (κ2) is 4.84. The normalized spacial score (nSPS) is 25.9. The van der Waals surface area contributed by atoms with Gasteiger partial charge < -0.3 is 9.80 Å². The SMILES string of the molecule is CC1CCN(C(=O)N2CCS(=O)(=O)CC2)CC1. The highest BCUT2D eigenvalue weighted by atomic mass is 32.2. The molecule has 0 saturated carbocycles. The van der Waals surface area contributed by atoms with Crippen LogP contribution in [0.2, 0.25) is 0 Å². The van der Waals surface area contributed by atoms with Crippen molar-refractivity contribution in [3.8, 4) is 0 Å². The fourth-order valence-electron chi connectivity index (χ4n) is 2.30. The quantitative estimate of drug-likeness (QED) is 0.640. The molecule has 0 unspecified atom stereocenters. The van der Waals surface area contributed by atoms with Crippen LogP contribution in [0.1, 0.15) is 19.8 Å². The molecule has 2 rings (SSSR count). The number of piperidine rings is 1. The van der Waals surface area contributed by atoms with Crippen molar-refractivity contribution in [1.29, 1.82) is 0 Å². The van der Waals surface area contributed by atoms with Crippen LogP contribution in [0.4, 0.5) is 4.79 Å². The van der Waals surface area contributed by atoms with Crippen LogP contribution in [-0.2, 0) is 9.84 Å². The lowest BCUT2D eigenvalue weighted by molar-refractivity contribution is 0.138. The first-order chi connectivity index (χ1) is 7.98. The van der Waals surface area contributed by atoms with Crippen LogP contribution in [-0.4, -0.2) is 61.9 Å². The van der Waals surface area contributed by atoms with Crippen molar-refractivity contribution in [3.05, 3.63) is 0 Å². The maximum Gasteiger partial charge on any atom is 0.320 e. The lowest BCUT2D eigenvalue weighted by atomic mass is 10.00. The molecule has 0 aromatic carbocycles. The topological polar surface area (TPSA) is 57.7 Å². The highest BCUT2D eigenvalue weighted by Crippen LogP contribution is 2.18. The predicted octanol–water partition coefficient (Wildman–Crippen LogP) is 0.569. The monoisotopic (exact) mass is 260 g/mol. The number of sulfone groups is 1. The van der Waals surface area contributed by atoms with Gasteiger partial charge >= 0.3 is 6.03 Å². The fourth-order valence-corrected chi connectivity index (χ4v) is 3.50. The average Bonchev–Trinajstić information content (AvgIpc) is 2.29. The van der Waals surface area contributed by atoms with E-state index in [4.69, 9.17) is 0 Å². The van der Waals surface area contributed by atoms with Crippen LogP contribution >= 0.6 is 0 Å². The van der Waals surface area contributed by atoms with Crippen LogP contribution in [0.15, 0.2) is 0 Å². The molecule has 0 atom stereocenters. The summed E-state index contributed by atoms with van der Waals surface area (Å²) in [5.41, 5.74) is 0. The zero-order valence-corrected chi connectivity index (χ0v) is 11.1. The number of carbonyl (C=O) groups excluding carboxylic acids is 1. The van der Waals surface area contributed by atoms with E-state index in [9.17, 15) is 13.2 Å². The molecule has 5 nitrogen and oxygen atoms in total. The lowest BCUT2D eigenvalue weighted by Crippen LogP contribution is -2.51. The van der Waals surface area contributed by atoms with Crippen molar-refractivity contribution < 1.29 is 13.2 Å². The standard InChI is InChI=1S/C11H20N2O3S/c1-10-2-4-12(5-3-10)11(14)13-6-8-17(15,16)9-7-13/h10H,2-9H2,1H3. The molecule has 0 spiro atoms. The number of hydrogen-bond donors (Lipinski definition) is 0. The zero-order valence-electron chi connectivity index (χ0n) is 10.3. The molecule has 0 N–H and O–H groups in total. The number of hydrogen-bond acceptors (Lipinski definition) is 3. The molecule has 17 heavy (non-hydrogen) atoms. The number of rotatable bonds is 0. The number of urea groups is 1. The summed E-state index contributed by atoms with van der Waals surface area (Å²) in [4.78, 5) is 15.7. The van der Waals surface area contributed by atoms with Crippen molar-refractivity contribution in [1.82, 2.24) is 9.80 Å². The Bertz CT molecular complexity index is 372. The van der Waals surface area contributed by atoms with E-state index in [1.54, 1.807) is 4.90 Å². The molecule has 2 saturated heterocycles. The van der Waals surface area contributed by atoms with Crippen LogP contribution < -0.4 is 0 Å². The van der Waals surface area contributed by atoms with Crippen molar-refractivity contribution in [3.63, 3.8) is 0 Å². The fraction of sp³-hybridized carbons (Fsp3) is 0.909. The molecule has 2 aliphatic rings. The first-order valence-corrected chi connectivity index (χ1v) is 8.04. The van der Waals surface area contributed by atoms with Crippen molar-refractivity contribution >= 4 is 15.9 Å². The highest BCUT2D eigenvalue weighted by Gasteiger charge is 2.29. The van der Waals surface area contributed by atoms with Gasteiger partial charge in [-0.15, -0.1) is 0 Å². The van der Waals surface area contributed by atoms with Crippen LogP contribution in [0.25, 0.3) is 0 Å². The molecule has 98 valence electrons. The minimum absolute atomic E-state index is 0.0202. The third-order valence-electron chi connectivity index (χ3n) is 3.67. The third-order valence-corrected chi connectivity index (χ3v) is 5.28. The van der Waals surface area contributed by atoms with Gasteiger partial charge in [-0.25, -0.2) is 13.2 Å². The summed E-state index contributed by atoms with van der Waals surface area (Å²) in [6.45, 7) is 4.53. The second-order valence-corrected chi connectivity index (χ2v) is 7.39. The van der Waals surface area contributed by atoms with Gasteiger partial charge in [0.05, 0.1) is 11.5 Å². The maximum atomic E-state index is 12.1. The second-order valence-electron chi connectivity index (χ2n) is 5.09. The first kappa shape index (κ1) is 12.7. The molecule has 0 radical (unpaired) electrons. The summed E-state index contributed by atoms with van der Waals surface area (Å²) in [7, 11) is -2.90. The van der Waals surface area contributed by atoms with E-state index in [1.807, 2.05) is 4.90 Å². The van der Waals surface area contributed by atoms with Gasteiger partial charge in [-0.05, 0) is 18.8 Å². The van der Waals surface area contributed by atoms with Crippen molar-refractivity contribution in [2.45, 2.75) is 19.8 Å². The number of amides is 2. The molecule has 2 heterocycles. The summed E-state index contributed by atoms with van der Waals surface area (Å²) < 4.78 is 22.6. The summed E-state index contributed by atoms with van der Waals surface area (Å²) in [5.74, 6) is 0.923. The van der Waals surface area contributed by atoms with Crippen LogP contribution in [0.5, 0.6) is 0 Å². The summed E-state index contributed by atoms with van der Waals surface area (Å²) in [6, 6.07) is 0.0202. The van der Waals surface area contributed by atoms with Crippen molar-refractivity contribution in [2.24, 2.45) is 5.92 Å². The molecule has 0 aromatic rings. The van der Waals surface area contributed by atoms with E-state index >= 15 is 0 Å².